The maximum absolute atomic E-state index is 6.52. The fourth-order valence-electron chi connectivity index (χ4n) is 6.76. The molecule has 0 saturated heterocycles. The molecule has 0 fully saturated rings. The number of fused-ring (bicyclic) bond motifs is 3. The van der Waals surface area contributed by atoms with Crippen molar-refractivity contribution >= 4 is 21.9 Å². The van der Waals surface area contributed by atoms with E-state index >= 15 is 0 Å². The Labute approximate surface area is 290 Å². The van der Waals surface area contributed by atoms with E-state index in [1.165, 1.54) is 16.7 Å². The van der Waals surface area contributed by atoms with E-state index < -0.39 is 0 Å². The lowest BCUT2D eigenvalue weighted by atomic mass is 9.96. The normalized spacial score (nSPS) is 11.3. The fraction of sp³-hybridized carbons (Fsp3) is 0.0217. The van der Waals surface area contributed by atoms with E-state index in [0.717, 1.165) is 60.9 Å². The average molecular weight is 642 g/mol. The summed E-state index contributed by atoms with van der Waals surface area (Å²) < 4.78 is 6.52. The van der Waals surface area contributed by atoms with Crippen LogP contribution in [0.5, 0.6) is 0 Å². The molecule has 0 aliphatic carbocycles. The van der Waals surface area contributed by atoms with E-state index in [1.807, 2.05) is 48.5 Å². The molecule has 0 aliphatic heterocycles. The molecule has 0 bridgehead atoms. The highest BCUT2D eigenvalue weighted by Gasteiger charge is 2.18. The van der Waals surface area contributed by atoms with Crippen molar-refractivity contribution in [2.45, 2.75) is 6.92 Å². The van der Waals surface area contributed by atoms with Gasteiger partial charge in [0.05, 0.1) is 0 Å². The smallest absolute Gasteiger partial charge is 0.164 e. The third-order valence-electron chi connectivity index (χ3n) is 9.22. The molecule has 0 atom stereocenters. The largest absolute Gasteiger partial charge is 0.456 e. The number of furan rings is 1. The molecule has 7 aromatic carbocycles. The second-order valence-corrected chi connectivity index (χ2v) is 12.5. The molecule has 0 radical (unpaired) electrons. The van der Waals surface area contributed by atoms with Crippen LogP contribution in [0.3, 0.4) is 0 Å². The summed E-state index contributed by atoms with van der Waals surface area (Å²) in [6, 6.07) is 58.7. The summed E-state index contributed by atoms with van der Waals surface area (Å²) in [5.74, 6) is 1.83. The topological polar surface area (TPSA) is 51.8 Å². The van der Waals surface area contributed by atoms with Crippen molar-refractivity contribution in [3.63, 3.8) is 0 Å². The summed E-state index contributed by atoms with van der Waals surface area (Å²) in [5, 5.41) is 2.14. The Morgan fingerprint density at radius 2 is 0.920 bits per heavy atom. The van der Waals surface area contributed by atoms with Crippen molar-refractivity contribution in [3.8, 4) is 67.5 Å². The van der Waals surface area contributed by atoms with Gasteiger partial charge < -0.3 is 4.42 Å². The maximum Gasteiger partial charge on any atom is 0.164 e. The van der Waals surface area contributed by atoms with Crippen LogP contribution < -0.4 is 0 Å². The van der Waals surface area contributed by atoms with Crippen molar-refractivity contribution in [2.75, 3.05) is 0 Å². The van der Waals surface area contributed by atoms with Crippen molar-refractivity contribution in [1.29, 1.82) is 0 Å². The van der Waals surface area contributed by atoms with Gasteiger partial charge in [-0.1, -0.05) is 157 Å². The maximum atomic E-state index is 6.52. The minimum Gasteiger partial charge on any atom is -0.456 e. The molecule has 236 valence electrons. The van der Waals surface area contributed by atoms with Gasteiger partial charge in [-0.25, -0.2) is 15.0 Å². The van der Waals surface area contributed by atoms with Gasteiger partial charge in [0.15, 0.2) is 17.5 Å². The molecule has 2 heterocycles. The fourth-order valence-corrected chi connectivity index (χ4v) is 6.76. The highest BCUT2D eigenvalue weighted by molar-refractivity contribution is 6.13. The van der Waals surface area contributed by atoms with Gasteiger partial charge in [-0.3, -0.25) is 0 Å². The van der Waals surface area contributed by atoms with Gasteiger partial charge in [0.1, 0.15) is 11.2 Å². The van der Waals surface area contributed by atoms with Crippen LogP contribution in [0, 0.1) is 6.92 Å². The van der Waals surface area contributed by atoms with Crippen molar-refractivity contribution in [2.24, 2.45) is 0 Å². The summed E-state index contributed by atoms with van der Waals surface area (Å²) in [4.78, 5) is 15.1. The van der Waals surface area contributed by atoms with Gasteiger partial charge in [-0.15, -0.1) is 0 Å². The van der Waals surface area contributed by atoms with Crippen LogP contribution in [-0.2, 0) is 0 Å². The summed E-state index contributed by atoms with van der Waals surface area (Å²) in [5.41, 5.74) is 12.4. The van der Waals surface area contributed by atoms with Gasteiger partial charge in [-0.2, -0.15) is 0 Å². The summed E-state index contributed by atoms with van der Waals surface area (Å²) in [6.45, 7) is 2.11. The van der Waals surface area contributed by atoms with Crippen LogP contribution >= 0.6 is 0 Å². The van der Waals surface area contributed by atoms with Gasteiger partial charge in [0.2, 0.25) is 0 Å². The average Bonchev–Trinajstić information content (AvgIpc) is 3.57. The number of benzene rings is 7. The lowest BCUT2D eigenvalue weighted by Gasteiger charge is -2.12. The van der Waals surface area contributed by atoms with Gasteiger partial charge in [-0.05, 0) is 58.5 Å². The molecule has 0 unspecified atom stereocenters. The summed E-state index contributed by atoms with van der Waals surface area (Å²) >= 11 is 0. The third kappa shape index (κ3) is 5.43. The van der Waals surface area contributed by atoms with Crippen molar-refractivity contribution < 1.29 is 4.42 Å². The molecule has 0 aliphatic rings. The second-order valence-electron chi connectivity index (χ2n) is 12.5. The first-order valence-corrected chi connectivity index (χ1v) is 16.8. The molecule has 0 spiro atoms. The Hall–Kier alpha value is -6.65. The van der Waals surface area contributed by atoms with Gasteiger partial charge in [0, 0.05) is 27.5 Å². The van der Waals surface area contributed by atoms with E-state index in [0.29, 0.717) is 17.5 Å². The van der Waals surface area contributed by atoms with Crippen LogP contribution in [0.2, 0.25) is 0 Å². The molecular formula is C46H31N3O. The van der Waals surface area contributed by atoms with Crippen LogP contribution in [0.1, 0.15) is 5.56 Å². The molecule has 50 heavy (non-hydrogen) atoms. The van der Waals surface area contributed by atoms with Crippen LogP contribution in [0.15, 0.2) is 174 Å². The van der Waals surface area contributed by atoms with Gasteiger partial charge in [0.25, 0.3) is 0 Å². The zero-order valence-electron chi connectivity index (χ0n) is 27.4. The Bertz CT molecular complexity index is 2640. The predicted octanol–water partition coefficient (Wildman–Crippen LogP) is 12.1. The number of rotatable bonds is 6. The zero-order chi connectivity index (χ0) is 33.4. The second kappa shape index (κ2) is 12.4. The van der Waals surface area contributed by atoms with Crippen molar-refractivity contribution in [3.05, 3.63) is 175 Å². The summed E-state index contributed by atoms with van der Waals surface area (Å²) in [7, 11) is 0. The van der Waals surface area contributed by atoms with E-state index in [-0.39, 0.29) is 0 Å². The first kappa shape index (κ1) is 29.5. The van der Waals surface area contributed by atoms with Crippen molar-refractivity contribution in [1.82, 2.24) is 15.0 Å². The summed E-state index contributed by atoms with van der Waals surface area (Å²) in [6.07, 6.45) is 0. The molecule has 0 amide bonds. The first-order valence-electron chi connectivity index (χ1n) is 16.8. The number of aryl methyl sites for hydroxylation is 1. The molecule has 4 nitrogen and oxygen atoms in total. The molecule has 9 aromatic rings. The molecular weight excluding hydrogens is 611 g/mol. The lowest BCUT2D eigenvalue weighted by molar-refractivity contribution is 0.669. The van der Waals surface area contributed by atoms with E-state index in [2.05, 4.69) is 128 Å². The standard InChI is InChI=1S/C46H31N3O/c1-30-12-10-17-35(28-30)37-18-8-9-19-39(37)46-48-44(34-15-6-3-7-16-34)47-45(49-46)36-26-27-40-42(29-36)50-41-21-11-20-38(43(40)41)33-24-22-32(23-25-33)31-13-4-2-5-14-31/h2-29H,1H3. The number of hydrogen-bond donors (Lipinski definition) is 0. The Balaban J connectivity index is 1.17. The first-order chi connectivity index (χ1) is 24.7. The number of aromatic nitrogens is 3. The van der Waals surface area contributed by atoms with Gasteiger partial charge >= 0.3 is 0 Å². The van der Waals surface area contributed by atoms with E-state index in [4.69, 9.17) is 19.4 Å². The predicted molar refractivity (Wildman–Crippen MR) is 204 cm³/mol. The Morgan fingerprint density at radius 3 is 1.68 bits per heavy atom. The van der Waals surface area contributed by atoms with E-state index in [9.17, 15) is 0 Å². The quantitative estimate of drug-likeness (QED) is 0.181. The van der Waals surface area contributed by atoms with Crippen LogP contribution in [-0.4, -0.2) is 15.0 Å². The zero-order valence-corrected chi connectivity index (χ0v) is 27.4. The molecule has 9 rings (SSSR count). The molecule has 0 N–H and O–H groups in total. The molecule has 2 aromatic heterocycles. The minimum absolute atomic E-state index is 0.590. The minimum atomic E-state index is 0.590. The SMILES string of the molecule is Cc1cccc(-c2ccccc2-c2nc(-c3ccccc3)nc(-c3ccc4c(c3)oc3cccc(-c5ccc(-c6ccccc6)cc5)c34)n2)c1. The monoisotopic (exact) mass is 641 g/mol. The van der Waals surface area contributed by atoms with E-state index in [1.54, 1.807) is 0 Å². The number of hydrogen-bond acceptors (Lipinski definition) is 4. The highest BCUT2D eigenvalue weighted by Crippen LogP contribution is 2.39. The molecule has 0 saturated carbocycles. The Morgan fingerprint density at radius 1 is 0.360 bits per heavy atom. The Kier molecular flexibility index (Phi) is 7.33. The van der Waals surface area contributed by atoms with Crippen LogP contribution in [0.4, 0.5) is 0 Å². The lowest BCUT2D eigenvalue weighted by Crippen LogP contribution is -2.01. The van der Waals surface area contributed by atoms with Crippen LogP contribution in [0.25, 0.3) is 89.5 Å². The third-order valence-corrected chi connectivity index (χ3v) is 9.22. The molecule has 4 heteroatoms. The highest BCUT2D eigenvalue weighted by atomic mass is 16.3. The number of nitrogens with zero attached hydrogens (tertiary/aromatic N) is 3.